The molecule has 0 aliphatic rings. The maximum Gasteiger partial charge on any atom is 0.0564 e. The topological polar surface area (TPSA) is 32.3 Å². The highest BCUT2D eigenvalue weighted by Gasteiger charge is 2.16. The second kappa shape index (κ2) is 8.43. The highest BCUT2D eigenvalue weighted by molar-refractivity contribution is 7.99. The van der Waals surface area contributed by atoms with E-state index in [1.54, 1.807) is 11.8 Å². The van der Waals surface area contributed by atoms with Gasteiger partial charge in [0.1, 0.15) is 0 Å². The Hall–Kier alpha value is 0.270. The van der Waals surface area contributed by atoms with Crippen LogP contribution >= 0.6 is 11.8 Å². The predicted molar refractivity (Wildman–Crippen MR) is 70.5 cm³/mol. The van der Waals surface area contributed by atoms with E-state index in [-0.39, 0.29) is 6.61 Å². The van der Waals surface area contributed by atoms with E-state index in [2.05, 4.69) is 39.3 Å². The minimum absolute atomic E-state index is 0.256. The van der Waals surface area contributed by atoms with Gasteiger partial charge in [0.2, 0.25) is 0 Å². The summed E-state index contributed by atoms with van der Waals surface area (Å²) < 4.78 is 0. The maximum absolute atomic E-state index is 9.17. The van der Waals surface area contributed by atoms with Crippen molar-refractivity contribution < 1.29 is 5.11 Å². The average molecular weight is 233 g/mol. The standard InChI is InChI=1S/C12H27NOS/c1-9(2)6-7-10(3)13-11(4)12(8-14)15-5/h9-14H,6-8H2,1-5H3. The Bertz CT molecular complexity index is 149. The number of rotatable bonds is 8. The quantitative estimate of drug-likeness (QED) is 0.676. The predicted octanol–water partition coefficient (Wildman–Crippen LogP) is 2.51. The number of hydrogen-bond donors (Lipinski definition) is 2. The Kier molecular flexibility index (Phi) is 8.58. The van der Waals surface area contributed by atoms with Gasteiger partial charge >= 0.3 is 0 Å². The van der Waals surface area contributed by atoms with Crippen LogP contribution in [0.2, 0.25) is 0 Å². The Balaban J connectivity index is 3.78. The van der Waals surface area contributed by atoms with Crippen molar-refractivity contribution in [2.75, 3.05) is 12.9 Å². The lowest BCUT2D eigenvalue weighted by Gasteiger charge is -2.25. The van der Waals surface area contributed by atoms with Crippen molar-refractivity contribution in [2.45, 2.75) is 57.9 Å². The fourth-order valence-electron chi connectivity index (χ4n) is 1.66. The molecule has 0 saturated carbocycles. The number of aliphatic hydroxyl groups is 1. The molecule has 3 atom stereocenters. The summed E-state index contributed by atoms with van der Waals surface area (Å²) in [4.78, 5) is 0. The van der Waals surface area contributed by atoms with E-state index < -0.39 is 0 Å². The molecule has 0 amide bonds. The fraction of sp³-hybridized carbons (Fsp3) is 1.00. The highest BCUT2D eigenvalue weighted by atomic mass is 32.2. The van der Waals surface area contributed by atoms with Gasteiger partial charge in [-0.25, -0.2) is 0 Å². The van der Waals surface area contributed by atoms with Gasteiger partial charge < -0.3 is 10.4 Å². The monoisotopic (exact) mass is 233 g/mol. The largest absolute Gasteiger partial charge is 0.395 e. The molecule has 0 heterocycles. The van der Waals surface area contributed by atoms with Crippen LogP contribution in [0.4, 0.5) is 0 Å². The van der Waals surface area contributed by atoms with Crippen molar-refractivity contribution >= 4 is 11.8 Å². The van der Waals surface area contributed by atoms with Crippen molar-refractivity contribution in [2.24, 2.45) is 5.92 Å². The first-order valence-corrected chi connectivity index (χ1v) is 7.19. The molecule has 2 nitrogen and oxygen atoms in total. The molecule has 0 rings (SSSR count). The number of nitrogens with one attached hydrogen (secondary N) is 1. The van der Waals surface area contributed by atoms with Gasteiger partial charge in [0.05, 0.1) is 6.61 Å². The van der Waals surface area contributed by atoms with Gasteiger partial charge in [0, 0.05) is 17.3 Å². The van der Waals surface area contributed by atoms with Gasteiger partial charge in [-0.15, -0.1) is 0 Å². The molecule has 0 aromatic carbocycles. The van der Waals surface area contributed by atoms with Gasteiger partial charge in [0.25, 0.3) is 0 Å². The normalized spacial score (nSPS) is 17.8. The maximum atomic E-state index is 9.17. The van der Waals surface area contributed by atoms with Crippen LogP contribution in [0, 0.1) is 5.92 Å². The summed E-state index contributed by atoms with van der Waals surface area (Å²) in [5, 5.41) is 13.0. The molecule has 0 spiro atoms. The van der Waals surface area contributed by atoms with Crippen molar-refractivity contribution in [1.29, 1.82) is 0 Å². The molecule has 0 bridgehead atoms. The summed E-state index contributed by atoms with van der Waals surface area (Å²) >= 11 is 1.73. The third-order valence-electron chi connectivity index (χ3n) is 2.76. The van der Waals surface area contributed by atoms with E-state index in [0.29, 0.717) is 17.3 Å². The van der Waals surface area contributed by atoms with E-state index in [0.717, 1.165) is 5.92 Å². The van der Waals surface area contributed by atoms with Gasteiger partial charge in [-0.05, 0) is 38.9 Å². The van der Waals surface area contributed by atoms with Gasteiger partial charge in [-0.2, -0.15) is 11.8 Å². The summed E-state index contributed by atoms with van der Waals surface area (Å²) in [6.45, 7) is 9.16. The minimum Gasteiger partial charge on any atom is -0.395 e. The zero-order chi connectivity index (χ0) is 11.8. The molecule has 0 aliphatic heterocycles. The Morgan fingerprint density at radius 3 is 2.13 bits per heavy atom. The van der Waals surface area contributed by atoms with E-state index in [9.17, 15) is 0 Å². The third kappa shape index (κ3) is 7.20. The van der Waals surface area contributed by atoms with Crippen LogP contribution in [0.15, 0.2) is 0 Å². The van der Waals surface area contributed by atoms with Gasteiger partial charge in [0.15, 0.2) is 0 Å². The lowest BCUT2D eigenvalue weighted by Crippen LogP contribution is -2.42. The number of aliphatic hydroxyl groups excluding tert-OH is 1. The molecule has 92 valence electrons. The van der Waals surface area contributed by atoms with Crippen molar-refractivity contribution in [3.8, 4) is 0 Å². The highest BCUT2D eigenvalue weighted by Crippen LogP contribution is 2.13. The Labute approximate surface area is 99.2 Å². The summed E-state index contributed by atoms with van der Waals surface area (Å²) in [6, 6.07) is 0.927. The van der Waals surface area contributed by atoms with Crippen molar-refractivity contribution in [1.82, 2.24) is 5.32 Å². The molecule has 3 unspecified atom stereocenters. The van der Waals surface area contributed by atoms with E-state index in [1.165, 1.54) is 12.8 Å². The molecule has 3 heteroatoms. The Morgan fingerprint density at radius 1 is 1.13 bits per heavy atom. The van der Waals surface area contributed by atoms with Gasteiger partial charge in [-0.1, -0.05) is 13.8 Å². The molecule has 15 heavy (non-hydrogen) atoms. The van der Waals surface area contributed by atoms with E-state index in [1.807, 2.05) is 0 Å². The molecular formula is C12H27NOS. The lowest BCUT2D eigenvalue weighted by atomic mass is 10.0. The molecule has 0 fully saturated rings. The average Bonchev–Trinajstić information content (AvgIpc) is 2.16. The molecule has 2 N–H and O–H groups in total. The number of hydrogen-bond acceptors (Lipinski definition) is 3. The first-order valence-electron chi connectivity index (χ1n) is 5.91. The summed E-state index contributed by atoms with van der Waals surface area (Å²) in [6.07, 6.45) is 4.54. The van der Waals surface area contributed by atoms with E-state index in [4.69, 9.17) is 5.11 Å². The lowest BCUT2D eigenvalue weighted by molar-refractivity contribution is 0.269. The molecule has 0 aromatic rings. The number of thioether (sulfide) groups is 1. The van der Waals surface area contributed by atoms with Crippen LogP contribution in [0.1, 0.15) is 40.5 Å². The Morgan fingerprint density at radius 2 is 1.73 bits per heavy atom. The van der Waals surface area contributed by atoms with Crippen LogP contribution < -0.4 is 5.32 Å². The summed E-state index contributed by atoms with van der Waals surface area (Å²) in [5.41, 5.74) is 0. The second-order valence-corrected chi connectivity index (χ2v) is 5.86. The molecule has 0 aliphatic carbocycles. The van der Waals surface area contributed by atoms with Crippen LogP contribution in [0.5, 0.6) is 0 Å². The SMILES string of the molecule is CSC(CO)C(C)NC(C)CCC(C)C. The van der Waals surface area contributed by atoms with Crippen LogP contribution in [0.25, 0.3) is 0 Å². The third-order valence-corrected chi connectivity index (χ3v) is 3.93. The zero-order valence-electron chi connectivity index (χ0n) is 10.8. The van der Waals surface area contributed by atoms with E-state index >= 15 is 0 Å². The zero-order valence-corrected chi connectivity index (χ0v) is 11.6. The minimum atomic E-state index is 0.256. The van der Waals surface area contributed by atoms with Crippen LogP contribution in [-0.2, 0) is 0 Å². The fourth-order valence-corrected chi connectivity index (χ4v) is 2.30. The molecule has 0 radical (unpaired) electrons. The van der Waals surface area contributed by atoms with Crippen molar-refractivity contribution in [3.63, 3.8) is 0 Å². The molecule has 0 saturated heterocycles. The van der Waals surface area contributed by atoms with Crippen LogP contribution in [0.3, 0.4) is 0 Å². The summed E-state index contributed by atoms with van der Waals surface area (Å²) in [5.74, 6) is 0.777. The van der Waals surface area contributed by atoms with Gasteiger partial charge in [-0.3, -0.25) is 0 Å². The molecular weight excluding hydrogens is 206 g/mol. The van der Waals surface area contributed by atoms with Crippen LogP contribution in [-0.4, -0.2) is 35.3 Å². The first kappa shape index (κ1) is 15.3. The smallest absolute Gasteiger partial charge is 0.0564 e. The molecule has 0 aromatic heterocycles. The summed E-state index contributed by atoms with van der Waals surface area (Å²) in [7, 11) is 0. The first-order chi connectivity index (χ1) is 7.01. The second-order valence-electron chi connectivity index (χ2n) is 4.78. The van der Waals surface area contributed by atoms with Crippen molar-refractivity contribution in [3.05, 3.63) is 0 Å².